The number of thiophene rings is 1. The highest BCUT2D eigenvalue weighted by atomic mass is 32.2. The summed E-state index contributed by atoms with van der Waals surface area (Å²) >= 11 is 2.94. The van der Waals surface area contributed by atoms with E-state index in [1.54, 1.807) is 16.2 Å². The van der Waals surface area contributed by atoms with Crippen LogP contribution in [0, 0.1) is 0 Å². The molecule has 152 valence electrons. The average Bonchev–Trinajstić information content (AvgIpc) is 3.41. The van der Waals surface area contributed by atoms with Crippen LogP contribution in [0.4, 0.5) is 0 Å². The van der Waals surface area contributed by atoms with Crippen LogP contribution in [0.15, 0.2) is 22.7 Å². The summed E-state index contributed by atoms with van der Waals surface area (Å²) < 4.78 is 1.86. The lowest BCUT2D eigenvalue weighted by atomic mass is 9.96. The first kappa shape index (κ1) is 20.8. The number of nitrogens with one attached hydrogen (secondary N) is 1. The van der Waals surface area contributed by atoms with Crippen LogP contribution in [0.1, 0.15) is 49.9 Å². The summed E-state index contributed by atoms with van der Waals surface area (Å²) in [7, 11) is 0. The van der Waals surface area contributed by atoms with Gasteiger partial charge in [0.25, 0.3) is 0 Å². The highest BCUT2D eigenvalue weighted by Crippen LogP contribution is 2.30. The Hall–Kier alpha value is -1.94. The van der Waals surface area contributed by atoms with E-state index in [0.717, 1.165) is 17.7 Å². The van der Waals surface area contributed by atoms with Crippen LogP contribution in [0.3, 0.4) is 0 Å². The van der Waals surface area contributed by atoms with Gasteiger partial charge in [0.15, 0.2) is 0 Å². The molecule has 2 amide bonds. The van der Waals surface area contributed by atoms with Gasteiger partial charge in [-0.1, -0.05) is 37.1 Å². The minimum absolute atomic E-state index is 0.0643. The van der Waals surface area contributed by atoms with Crippen LogP contribution in [0.5, 0.6) is 0 Å². The predicted molar refractivity (Wildman–Crippen MR) is 109 cm³/mol. The van der Waals surface area contributed by atoms with Crippen molar-refractivity contribution in [1.82, 2.24) is 30.4 Å². The zero-order valence-electron chi connectivity index (χ0n) is 16.0. The maximum atomic E-state index is 12.6. The van der Waals surface area contributed by atoms with E-state index in [1.165, 1.54) is 31.0 Å². The van der Waals surface area contributed by atoms with E-state index in [1.807, 2.05) is 29.1 Å². The molecular formula is C18H26N6O2S2. The first-order chi connectivity index (χ1) is 13.7. The number of tetrazole rings is 1. The summed E-state index contributed by atoms with van der Waals surface area (Å²) in [5, 5.41) is 17.5. The second kappa shape index (κ2) is 10.6. The van der Waals surface area contributed by atoms with Gasteiger partial charge in [0.2, 0.25) is 17.0 Å². The lowest BCUT2D eigenvalue weighted by Crippen LogP contribution is -2.41. The summed E-state index contributed by atoms with van der Waals surface area (Å²) in [6.07, 6.45) is 5.81. The average molecular weight is 423 g/mol. The lowest BCUT2D eigenvalue weighted by molar-refractivity contribution is -0.133. The van der Waals surface area contributed by atoms with Crippen molar-refractivity contribution in [3.05, 3.63) is 22.4 Å². The second-order valence-corrected chi connectivity index (χ2v) is 8.73. The monoisotopic (exact) mass is 422 g/mol. The molecule has 1 aliphatic rings. The van der Waals surface area contributed by atoms with Gasteiger partial charge in [0.1, 0.15) is 0 Å². The summed E-state index contributed by atoms with van der Waals surface area (Å²) in [6.45, 7) is 2.92. The number of likely N-dealkylation sites (N-methyl/N-ethyl adjacent to an activating group) is 1. The van der Waals surface area contributed by atoms with Crippen molar-refractivity contribution >= 4 is 34.9 Å². The number of hydrogen-bond acceptors (Lipinski definition) is 7. The van der Waals surface area contributed by atoms with Crippen molar-refractivity contribution in [3.63, 3.8) is 0 Å². The summed E-state index contributed by atoms with van der Waals surface area (Å²) in [5.74, 6) is -0.0170. The van der Waals surface area contributed by atoms with E-state index < -0.39 is 0 Å². The van der Waals surface area contributed by atoms with Gasteiger partial charge < -0.3 is 10.2 Å². The van der Waals surface area contributed by atoms with Crippen LogP contribution in [0.25, 0.3) is 0 Å². The van der Waals surface area contributed by atoms with Gasteiger partial charge >= 0.3 is 0 Å². The molecule has 1 saturated carbocycles. The quantitative estimate of drug-likeness (QED) is 0.624. The van der Waals surface area contributed by atoms with Gasteiger partial charge in [-0.05, 0) is 41.6 Å². The molecule has 0 aliphatic heterocycles. The molecule has 10 heteroatoms. The van der Waals surface area contributed by atoms with E-state index in [2.05, 4.69) is 20.8 Å². The molecule has 8 nitrogen and oxygen atoms in total. The van der Waals surface area contributed by atoms with Crippen LogP contribution in [-0.2, 0) is 16.1 Å². The summed E-state index contributed by atoms with van der Waals surface area (Å²) in [5.41, 5.74) is 0. The van der Waals surface area contributed by atoms with E-state index in [-0.39, 0.29) is 24.1 Å². The zero-order valence-corrected chi connectivity index (χ0v) is 17.7. The van der Waals surface area contributed by atoms with Gasteiger partial charge in [-0.15, -0.1) is 16.4 Å². The van der Waals surface area contributed by atoms with Crippen molar-refractivity contribution in [2.75, 3.05) is 18.8 Å². The minimum Gasteiger partial charge on any atom is -0.350 e. The van der Waals surface area contributed by atoms with Crippen molar-refractivity contribution in [3.8, 4) is 0 Å². The number of carbonyl (C=O) groups excluding carboxylic acids is 2. The molecule has 2 aromatic heterocycles. The second-order valence-electron chi connectivity index (χ2n) is 6.75. The largest absolute Gasteiger partial charge is 0.350 e. The Morgan fingerprint density at radius 1 is 1.36 bits per heavy atom. The van der Waals surface area contributed by atoms with E-state index in [0.29, 0.717) is 24.3 Å². The topological polar surface area (TPSA) is 93.0 Å². The van der Waals surface area contributed by atoms with Crippen LogP contribution >= 0.6 is 23.1 Å². The molecule has 2 heterocycles. The number of rotatable bonds is 9. The fourth-order valence-electron chi connectivity index (χ4n) is 3.26. The van der Waals surface area contributed by atoms with Crippen molar-refractivity contribution in [2.24, 2.45) is 0 Å². The SMILES string of the molecule is CCN(CC(=O)NCc1cccs1)C(=O)CSc1nnnn1C1CCCCC1. The first-order valence-corrected chi connectivity index (χ1v) is 11.5. The predicted octanol–water partition coefficient (Wildman–Crippen LogP) is 2.50. The molecule has 0 bridgehead atoms. The fraction of sp³-hybridized carbons (Fsp3) is 0.611. The number of thioether (sulfide) groups is 1. The number of nitrogens with zero attached hydrogens (tertiary/aromatic N) is 5. The van der Waals surface area contributed by atoms with E-state index >= 15 is 0 Å². The van der Waals surface area contributed by atoms with Gasteiger partial charge in [-0.3, -0.25) is 9.59 Å². The van der Waals surface area contributed by atoms with Crippen LogP contribution in [0.2, 0.25) is 0 Å². The van der Waals surface area contributed by atoms with E-state index in [9.17, 15) is 9.59 Å². The highest BCUT2D eigenvalue weighted by Gasteiger charge is 2.22. The molecule has 0 aromatic carbocycles. The first-order valence-electron chi connectivity index (χ1n) is 9.65. The summed E-state index contributed by atoms with van der Waals surface area (Å²) in [6, 6.07) is 4.25. The zero-order chi connectivity index (χ0) is 19.8. The Morgan fingerprint density at radius 2 is 2.18 bits per heavy atom. The molecule has 2 aromatic rings. The molecule has 3 rings (SSSR count). The van der Waals surface area contributed by atoms with E-state index in [4.69, 9.17) is 0 Å². The lowest BCUT2D eigenvalue weighted by Gasteiger charge is -2.22. The van der Waals surface area contributed by atoms with Crippen molar-refractivity contribution in [2.45, 2.75) is 56.8 Å². The third kappa shape index (κ3) is 5.78. The smallest absolute Gasteiger partial charge is 0.239 e. The number of aromatic nitrogens is 4. The molecule has 28 heavy (non-hydrogen) atoms. The normalized spacial score (nSPS) is 14.8. The Balaban J connectivity index is 1.47. The Kier molecular flexibility index (Phi) is 7.84. The molecule has 0 unspecified atom stereocenters. The molecule has 1 fully saturated rings. The highest BCUT2D eigenvalue weighted by molar-refractivity contribution is 7.99. The number of carbonyl (C=O) groups is 2. The molecule has 0 atom stereocenters. The molecule has 1 N–H and O–H groups in total. The van der Waals surface area contributed by atoms with Gasteiger partial charge in [0, 0.05) is 11.4 Å². The third-order valence-electron chi connectivity index (χ3n) is 4.82. The maximum Gasteiger partial charge on any atom is 0.239 e. The van der Waals surface area contributed by atoms with Gasteiger partial charge in [-0.2, -0.15) is 0 Å². The fourth-order valence-corrected chi connectivity index (χ4v) is 4.75. The molecular weight excluding hydrogens is 396 g/mol. The Labute approximate surface area is 173 Å². The standard InChI is InChI=1S/C18H26N6O2S2/c1-2-23(12-16(25)19-11-15-9-6-10-27-15)17(26)13-28-18-20-21-22-24(18)14-7-4-3-5-8-14/h6,9-10,14H,2-5,7-8,11-13H2,1H3,(H,19,25). The maximum absolute atomic E-state index is 12.6. The third-order valence-corrected chi connectivity index (χ3v) is 6.61. The van der Waals surface area contributed by atoms with Crippen molar-refractivity contribution in [1.29, 1.82) is 0 Å². The number of hydrogen-bond donors (Lipinski definition) is 1. The molecule has 1 aliphatic carbocycles. The van der Waals surface area contributed by atoms with Crippen LogP contribution < -0.4 is 5.32 Å². The minimum atomic E-state index is -0.152. The molecule has 0 spiro atoms. The van der Waals surface area contributed by atoms with Gasteiger partial charge in [-0.25, -0.2) is 4.68 Å². The Morgan fingerprint density at radius 3 is 2.89 bits per heavy atom. The molecule has 0 saturated heterocycles. The van der Waals surface area contributed by atoms with Crippen molar-refractivity contribution < 1.29 is 9.59 Å². The number of amides is 2. The van der Waals surface area contributed by atoms with Gasteiger partial charge in [0.05, 0.1) is 24.9 Å². The van der Waals surface area contributed by atoms with Crippen LogP contribution in [-0.4, -0.2) is 55.8 Å². The molecule has 0 radical (unpaired) electrons. The summed E-state index contributed by atoms with van der Waals surface area (Å²) in [4.78, 5) is 27.4. The Bertz CT molecular complexity index is 758.